The molecule has 0 unspecified atom stereocenters. The van der Waals surface area contributed by atoms with Gasteiger partial charge in [-0.3, -0.25) is 9.69 Å². The predicted molar refractivity (Wildman–Crippen MR) is 42.2 cm³/mol. The van der Waals surface area contributed by atoms with Crippen LogP contribution in [0.4, 0.5) is 0 Å². The van der Waals surface area contributed by atoms with Gasteiger partial charge in [0.25, 0.3) is 5.91 Å². The van der Waals surface area contributed by atoms with E-state index in [9.17, 15) is 4.79 Å². The average Bonchev–Trinajstić information content (AvgIpc) is 2.33. The van der Waals surface area contributed by atoms with E-state index in [2.05, 4.69) is 0 Å². The van der Waals surface area contributed by atoms with Gasteiger partial charge in [-0.1, -0.05) is 6.08 Å². The van der Waals surface area contributed by atoms with E-state index < -0.39 is 0 Å². The van der Waals surface area contributed by atoms with Crippen molar-refractivity contribution in [2.24, 2.45) is 0 Å². The van der Waals surface area contributed by atoms with Crippen LogP contribution in [0.2, 0.25) is 0 Å². The quantitative estimate of drug-likeness (QED) is 0.253. The van der Waals surface area contributed by atoms with E-state index in [-0.39, 0.29) is 36.9 Å². The van der Waals surface area contributed by atoms with E-state index >= 15 is 0 Å². The third-order valence-electron chi connectivity index (χ3n) is 1.74. The molecule has 1 fully saturated rings. The zero-order valence-corrected chi connectivity index (χ0v) is 9.39. The standard InChI is InChI=1S/C7H7NOS.Na.H/c1-2-5-6(9)8-3-4-10-7(5)8;;/h2-4,7H,1H3;;/q;+1;-1/b5-2+;;/t7-;;/m0../s1. The van der Waals surface area contributed by atoms with Crippen LogP contribution in [0.25, 0.3) is 0 Å². The molecular formula is C7H8NNaOS. The van der Waals surface area contributed by atoms with Crippen molar-refractivity contribution in [3.8, 4) is 0 Å². The van der Waals surface area contributed by atoms with E-state index in [4.69, 9.17) is 0 Å². The number of thioether (sulfide) groups is 1. The van der Waals surface area contributed by atoms with Crippen LogP contribution in [-0.4, -0.2) is 16.2 Å². The van der Waals surface area contributed by atoms with E-state index in [1.54, 1.807) is 16.7 Å². The molecule has 54 valence electrons. The first-order valence-corrected chi connectivity index (χ1v) is 4.10. The molecule has 2 nitrogen and oxygen atoms in total. The first-order chi connectivity index (χ1) is 4.84. The fraction of sp³-hybridized carbons (Fsp3) is 0.286. The van der Waals surface area contributed by atoms with E-state index in [0.717, 1.165) is 5.57 Å². The Morgan fingerprint density at radius 1 is 1.82 bits per heavy atom. The Balaban J connectivity index is 0.000000605. The third kappa shape index (κ3) is 1.20. The van der Waals surface area contributed by atoms with Crippen LogP contribution < -0.4 is 29.6 Å². The van der Waals surface area contributed by atoms with Gasteiger partial charge in [-0.25, -0.2) is 0 Å². The number of hydrogen-bond acceptors (Lipinski definition) is 2. The third-order valence-corrected chi connectivity index (χ3v) is 2.76. The van der Waals surface area contributed by atoms with Crippen LogP contribution in [0, 0.1) is 0 Å². The molecule has 0 spiro atoms. The molecule has 1 amide bonds. The molecule has 0 radical (unpaired) electrons. The number of hydrogen-bond donors (Lipinski definition) is 0. The molecule has 0 aromatic rings. The summed E-state index contributed by atoms with van der Waals surface area (Å²) in [4.78, 5) is 12.8. The monoisotopic (exact) mass is 177 g/mol. The van der Waals surface area contributed by atoms with Gasteiger partial charge in [0.05, 0.1) is 0 Å². The normalized spacial score (nSPS) is 29.9. The molecule has 0 N–H and O–H groups in total. The Morgan fingerprint density at radius 3 is 3.18 bits per heavy atom. The second-order valence-electron chi connectivity index (χ2n) is 2.23. The van der Waals surface area contributed by atoms with Crippen LogP contribution in [0.5, 0.6) is 0 Å². The summed E-state index contributed by atoms with van der Waals surface area (Å²) in [5.41, 5.74) is 0.940. The van der Waals surface area contributed by atoms with Crippen molar-refractivity contribution in [3.63, 3.8) is 0 Å². The van der Waals surface area contributed by atoms with E-state index in [0.29, 0.717) is 5.37 Å². The second-order valence-corrected chi connectivity index (χ2v) is 3.22. The molecule has 0 aliphatic carbocycles. The number of allylic oxidation sites excluding steroid dienone is 1. The zero-order chi connectivity index (χ0) is 7.14. The molecule has 4 heteroatoms. The van der Waals surface area contributed by atoms with Gasteiger partial charge in [-0.2, -0.15) is 0 Å². The molecule has 11 heavy (non-hydrogen) atoms. The summed E-state index contributed by atoms with van der Waals surface area (Å²) in [6.45, 7) is 1.91. The maximum atomic E-state index is 11.1. The van der Waals surface area contributed by atoms with Gasteiger partial charge in [0.15, 0.2) is 0 Å². The SMILES string of the molecule is C/C=C1\C(=O)N2C=CS[C@@H]12.[H-].[Na+]. The maximum absolute atomic E-state index is 11.1. The van der Waals surface area contributed by atoms with Gasteiger partial charge >= 0.3 is 29.6 Å². The zero-order valence-electron chi connectivity index (χ0n) is 7.57. The van der Waals surface area contributed by atoms with Crippen LogP contribution in [0.1, 0.15) is 8.35 Å². The van der Waals surface area contributed by atoms with Crippen molar-refractivity contribution in [3.05, 3.63) is 23.3 Å². The van der Waals surface area contributed by atoms with Gasteiger partial charge in [0.1, 0.15) is 5.37 Å². The smallest absolute Gasteiger partial charge is 1.00 e. The van der Waals surface area contributed by atoms with Crippen LogP contribution in [-0.2, 0) is 4.79 Å². The van der Waals surface area contributed by atoms with Crippen LogP contribution >= 0.6 is 11.8 Å². The largest absolute Gasteiger partial charge is 1.00 e. The molecule has 0 saturated carbocycles. The Kier molecular flexibility index (Phi) is 2.86. The van der Waals surface area contributed by atoms with Gasteiger partial charge in [0.2, 0.25) is 0 Å². The summed E-state index contributed by atoms with van der Waals surface area (Å²) in [7, 11) is 0. The summed E-state index contributed by atoms with van der Waals surface area (Å²) in [5.74, 6) is 0.161. The molecule has 0 aromatic heterocycles. The van der Waals surface area contributed by atoms with Gasteiger partial charge in [-0.05, 0) is 12.3 Å². The summed E-state index contributed by atoms with van der Waals surface area (Å²) < 4.78 is 0. The minimum Gasteiger partial charge on any atom is -1.00 e. The number of amides is 1. The summed E-state index contributed by atoms with van der Waals surface area (Å²) in [6.07, 6.45) is 3.73. The Hall–Kier alpha value is 0.300. The molecule has 1 saturated heterocycles. The predicted octanol–water partition coefficient (Wildman–Crippen LogP) is -1.56. The molecule has 0 aromatic carbocycles. The van der Waals surface area contributed by atoms with Gasteiger partial charge in [-0.15, -0.1) is 11.8 Å². The number of carbonyl (C=O) groups excluding carboxylic acids is 1. The second kappa shape index (κ2) is 3.35. The molecule has 0 bridgehead atoms. The molecule has 1 atom stereocenters. The summed E-state index contributed by atoms with van der Waals surface area (Å²) >= 11 is 1.68. The van der Waals surface area contributed by atoms with Crippen molar-refractivity contribution in [1.29, 1.82) is 0 Å². The minimum atomic E-state index is 0. The fourth-order valence-corrected chi connectivity index (χ4v) is 2.20. The van der Waals surface area contributed by atoms with Crippen molar-refractivity contribution in [1.82, 2.24) is 4.90 Å². The molecule has 2 heterocycles. The van der Waals surface area contributed by atoms with E-state index in [1.807, 2.05) is 24.6 Å². The maximum Gasteiger partial charge on any atom is 1.00 e. The number of fused-ring (bicyclic) bond motifs is 1. The van der Waals surface area contributed by atoms with Crippen LogP contribution in [0.15, 0.2) is 23.3 Å². The number of carbonyl (C=O) groups is 1. The fourth-order valence-electron chi connectivity index (χ4n) is 1.17. The Morgan fingerprint density at radius 2 is 2.55 bits per heavy atom. The average molecular weight is 177 g/mol. The van der Waals surface area contributed by atoms with Gasteiger partial charge < -0.3 is 1.43 Å². The Labute approximate surface area is 93.5 Å². The summed E-state index contributed by atoms with van der Waals surface area (Å²) in [6, 6.07) is 0. The van der Waals surface area contributed by atoms with Crippen molar-refractivity contribution >= 4 is 17.7 Å². The van der Waals surface area contributed by atoms with Crippen molar-refractivity contribution < 1.29 is 35.8 Å². The number of nitrogens with zero attached hydrogens (tertiary/aromatic N) is 1. The molecule has 2 aliphatic rings. The van der Waals surface area contributed by atoms with E-state index in [1.165, 1.54) is 0 Å². The minimum absolute atomic E-state index is 0. The number of rotatable bonds is 0. The molecule has 2 rings (SSSR count). The summed E-state index contributed by atoms with van der Waals surface area (Å²) in [5, 5.41) is 2.26. The Bertz CT molecular complexity index is 254. The first-order valence-electron chi connectivity index (χ1n) is 3.15. The molecule has 2 aliphatic heterocycles. The van der Waals surface area contributed by atoms with Crippen molar-refractivity contribution in [2.75, 3.05) is 0 Å². The number of β-lactam (4-membered cyclic amide) rings is 1. The van der Waals surface area contributed by atoms with Crippen molar-refractivity contribution in [2.45, 2.75) is 12.3 Å². The topological polar surface area (TPSA) is 20.3 Å². The first kappa shape index (κ1) is 9.39. The molecular weight excluding hydrogens is 169 g/mol. The van der Waals surface area contributed by atoms with Gasteiger partial charge in [0, 0.05) is 11.8 Å². The van der Waals surface area contributed by atoms with Crippen LogP contribution in [0.3, 0.4) is 0 Å².